The third-order valence-corrected chi connectivity index (χ3v) is 5.83. The van der Waals surface area contributed by atoms with Crippen LogP contribution in [-0.4, -0.2) is 28.8 Å². The van der Waals surface area contributed by atoms with E-state index in [1.165, 1.54) is 24.3 Å². The van der Waals surface area contributed by atoms with E-state index in [9.17, 15) is 26.0 Å². The fourth-order valence-electron chi connectivity index (χ4n) is 2.39. The number of benzene rings is 2. The smallest absolute Gasteiger partial charge is 0.258 e. The average molecular weight is 429 g/mol. The summed E-state index contributed by atoms with van der Waals surface area (Å²) in [6.07, 6.45) is 0. The second kappa shape index (κ2) is 8.35. The average Bonchev–Trinajstić information content (AvgIpc) is 2.52. The summed E-state index contributed by atoms with van der Waals surface area (Å²) in [6.45, 7) is 3.26. The van der Waals surface area contributed by atoms with Crippen molar-refractivity contribution in [1.82, 2.24) is 4.72 Å². The summed E-state index contributed by atoms with van der Waals surface area (Å²) in [5, 5.41) is 7.41. The van der Waals surface area contributed by atoms with Gasteiger partial charge >= 0.3 is 0 Å². The molecule has 1 amide bonds. The molecule has 0 bridgehead atoms. The van der Waals surface area contributed by atoms with Gasteiger partial charge in [0.25, 0.3) is 5.91 Å². The number of anilines is 1. The van der Waals surface area contributed by atoms with Gasteiger partial charge in [-0.2, -0.15) is 0 Å². The maximum Gasteiger partial charge on any atom is 0.258 e. The quantitative estimate of drug-likeness (QED) is 0.614. The van der Waals surface area contributed by atoms with Crippen LogP contribution in [0.4, 0.5) is 10.1 Å². The molecule has 0 aromatic heterocycles. The fraction of sp³-hybridized carbons (Fsp3) is 0.235. The molecule has 0 atom stereocenters. The van der Waals surface area contributed by atoms with Crippen LogP contribution in [0.2, 0.25) is 0 Å². The van der Waals surface area contributed by atoms with Gasteiger partial charge in [0.2, 0.25) is 20.0 Å². The number of primary sulfonamides is 1. The minimum absolute atomic E-state index is 0.208. The third kappa shape index (κ3) is 6.09. The van der Waals surface area contributed by atoms with Gasteiger partial charge in [0, 0.05) is 11.7 Å². The van der Waals surface area contributed by atoms with Crippen LogP contribution in [0, 0.1) is 5.82 Å². The molecular formula is C17H20FN3O5S2. The number of hydrogen-bond donors (Lipinski definition) is 3. The van der Waals surface area contributed by atoms with Crippen molar-refractivity contribution < 1.29 is 26.0 Å². The van der Waals surface area contributed by atoms with Crippen LogP contribution in [-0.2, 0) is 25.8 Å². The van der Waals surface area contributed by atoms with E-state index in [2.05, 4.69) is 10.0 Å². The number of amides is 1. The highest BCUT2D eigenvalue weighted by molar-refractivity contribution is 7.89. The lowest BCUT2D eigenvalue weighted by atomic mass is 10.1. The molecule has 0 saturated heterocycles. The molecule has 11 heteroatoms. The van der Waals surface area contributed by atoms with Gasteiger partial charge in [0.15, 0.2) is 0 Å². The highest BCUT2D eigenvalue weighted by Crippen LogP contribution is 2.18. The van der Waals surface area contributed by atoms with Crippen LogP contribution in [0.3, 0.4) is 0 Å². The Morgan fingerprint density at radius 2 is 1.79 bits per heavy atom. The molecule has 2 aromatic rings. The van der Waals surface area contributed by atoms with Crippen molar-refractivity contribution in [3.05, 3.63) is 59.4 Å². The van der Waals surface area contributed by atoms with Crippen molar-refractivity contribution in [2.45, 2.75) is 30.5 Å². The Labute approximate surface area is 163 Å². The number of carbonyl (C=O) groups is 1. The van der Waals surface area contributed by atoms with Crippen molar-refractivity contribution in [2.75, 3.05) is 5.32 Å². The fourth-order valence-corrected chi connectivity index (χ4v) is 4.31. The second-order valence-corrected chi connectivity index (χ2v) is 9.71. The van der Waals surface area contributed by atoms with Crippen molar-refractivity contribution in [3.8, 4) is 0 Å². The van der Waals surface area contributed by atoms with Crippen LogP contribution in [0.1, 0.15) is 29.8 Å². The van der Waals surface area contributed by atoms with Gasteiger partial charge in [-0.05, 0) is 49.7 Å². The Hall–Kier alpha value is -2.34. The molecule has 0 spiro atoms. The van der Waals surface area contributed by atoms with Crippen LogP contribution < -0.4 is 15.2 Å². The summed E-state index contributed by atoms with van der Waals surface area (Å²) in [5.74, 6) is -2.21. The van der Waals surface area contributed by atoms with Gasteiger partial charge in [0.05, 0.1) is 16.2 Å². The Morgan fingerprint density at radius 3 is 2.39 bits per heavy atom. The first-order valence-corrected chi connectivity index (χ1v) is 11.3. The first-order valence-electron chi connectivity index (χ1n) is 8.10. The minimum atomic E-state index is -3.91. The Kier molecular flexibility index (Phi) is 6.55. The zero-order valence-corrected chi connectivity index (χ0v) is 16.8. The number of sulfonamides is 2. The van der Waals surface area contributed by atoms with Crippen molar-refractivity contribution in [3.63, 3.8) is 0 Å². The Balaban J connectivity index is 2.30. The molecule has 8 nitrogen and oxygen atoms in total. The molecule has 0 heterocycles. The molecule has 28 heavy (non-hydrogen) atoms. The highest BCUT2D eigenvalue weighted by atomic mass is 32.2. The largest absolute Gasteiger partial charge is 0.322 e. The molecule has 0 aliphatic carbocycles. The lowest BCUT2D eigenvalue weighted by Crippen LogP contribution is -2.30. The second-order valence-electron chi connectivity index (χ2n) is 6.38. The maximum atomic E-state index is 14.1. The topological polar surface area (TPSA) is 135 Å². The molecule has 0 saturated carbocycles. The van der Waals surface area contributed by atoms with Gasteiger partial charge < -0.3 is 5.32 Å². The first kappa shape index (κ1) is 22.0. The molecule has 152 valence electrons. The van der Waals surface area contributed by atoms with Crippen molar-refractivity contribution in [1.29, 1.82) is 0 Å². The summed E-state index contributed by atoms with van der Waals surface area (Å²) in [7, 11) is -7.67. The van der Waals surface area contributed by atoms with Crippen LogP contribution >= 0.6 is 0 Å². The summed E-state index contributed by atoms with van der Waals surface area (Å²) in [5.41, 5.74) is 0.0702. The lowest BCUT2D eigenvalue weighted by Gasteiger charge is -2.12. The van der Waals surface area contributed by atoms with E-state index in [1.807, 2.05) is 0 Å². The summed E-state index contributed by atoms with van der Waals surface area (Å²) >= 11 is 0. The van der Waals surface area contributed by atoms with E-state index in [4.69, 9.17) is 5.14 Å². The number of rotatable bonds is 7. The van der Waals surface area contributed by atoms with E-state index >= 15 is 0 Å². The molecular weight excluding hydrogens is 409 g/mol. The summed E-state index contributed by atoms with van der Waals surface area (Å²) in [4.78, 5) is 12.2. The summed E-state index contributed by atoms with van der Waals surface area (Å²) < 4.78 is 63.3. The van der Waals surface area contributed by atoms with Gasteiger partial charge in [-0.1, -0.05) is 12.1 Å². The molecule has 0 radical (unpaired) electrons. The normalized spacial score (nSPS) is 12.2. The molecule has 0 unspecified atom stereocenters. The Bertz CT molecular complexity index is 1100. The van der Waals surface area contributed by atoms with Crippen molar-refractivity contribution in [2.24, 2.45) is 5.14 Å². The van der Waals surface area contributed by atoms with Crippen LogP contribution in [0.15, 0.2) is 47.4 Å². The SMILES string of the molecule is CC(C)NS(=O)(=O)c1ccc(F)c(C(=O)Nc2cccc(CS(N)(=O)=O)c2)c1. The van der Waals surface area contributed by atoms with Gasteiger partial charge in [-0.3, -0.25) is 4.79 Å². The highest BCUT2D eigenvalue weighted by Gasteiger charge is 2.20. The van der Waals surface area contributed by atoms with Gasteiger partial charge in [-0.25, -0.2) is 31.1 Å². The van der Waals surface area contributed by atoms with E-state index in [-0.39, 0.29) is 16.6 Å². The first-order chi connectivity index (χ1) is 12.9. The third-order valence-electron chi connectivity index (χ3n) is 3.44. The van der Waals surface area contributed by atoms with Crippen molar-refractivity contribution >= 4 is 31.6 Å². The summed E-state index contributed by atoms with van der Waals surface area (Å²) in [6, 6.07) is 8.36. The molecule has 2 rings (SSSR count). The zero-order valence-electron chi connectivity index (χ0n) is 15.1. The maximum absolute atomic E-state index is 14.1. The van der Waals surface area contributed by atoms with Crippen LogP contribution in [0.25, 0.3) is 0 Å². The predicted octanol–water partition coefficient (Wildman–Crippen LogP) is 1.55. The van der Waals surface area contributed by atoms with Gasteiger partial charge in [0.1, 0.15) is 5.82 Å². The number of nitrogens with one attached hydrogen (secondary N) is 2. The number of halogens is 1. The predicted molar refractivity (Wildman–Crippen MR) is 103 cm³/mol. The van der Waals surface area contributed by atoms with E-state index in [0.29, 0.717) is 5.56 Å². The Morgan fingerprint density at radius 1 is 1.11 bits per heavy atom. The number of hydrogen-bond acceptors (Lipinski definition) is 5. The molecule has 2 aromatic carbocycles. The number of carbonyl (C=O) groups excluding carboxylic acids is 1. The number of nitrogens with two attached hydrogens (primary N) is 1. The lowest BCUT2D eigenvalue weighted by molar-refractivity contribution is 0.102. The molecule has 0 aliphatic rings. The molecule has 0 aliphatic heterocycles. The standard InChI is InChI=1S/C17H20FN3O5S2/c1-11(2)21-28(25,26)14-6-7-16(18)15(9-14)17(22)20-13-5-3-4-12(8-13)10-27(19,23)24/h3-9,11,21H,10H2,1-2H3,(H,20,22)(H2,19,23,24). The zero-order chi connectivity index (χ0) is 21.1. The van der Waals surface area contributed by atoms with Crippen LogP contribution in [0.5, 0.6) is 0 Å². The van der Waals surface area contributed by atoms with Gasteiger partial charge in [-0.15, -0.1) is 0 Å². The van der Waals surface area contributed by atoms with E-state index < -0.39 is 43.1 Å². The molecule has 4 N–H and O–H groups in total. The minimum Gasteiger partial charge on any atom is -0.322 e. The molecule has 0 fully saturated rings. The van der Waals surface area contributed by atoms with E-state index in [1.54, 1.807) is 13.8 Å². The monoisotopic (exact) mass is 429 g/mol. The van der Waals surface area contributed by atoms with E-state index in [0.717, 1.165) is 18.2 Å².